The molecule has 0 fully saturated rings. The highest BCUT2D eigenvalue weighted by molar-refractivity contribution is 6.14. The van der Waals surface area contributed by atoms with Gasteiger partial charge in [0.05, 0.1) is 7.11 Å². The van der Waals surface area contributed by atoms with Gasteiger partial charge in [0.1, 0.15) is 23.1 Å². The molecule has 122 valence electrons. The molecule has 1 N–H and O–H groups in total. The minimum atomic E-state index is -0.286. The Bertz CT molecular complexity index is 839. The molecule has 0 aliphatic carbocycles. The van der Waals surface area contributed by atoms with E-state index in [2.05, 4.69) is 10.3 Å². The number of ether oxygens (including phenoxy) is 1. The van der Waals surface area contributed by atoms with Gasteiger partial charge in [-0.05, 0) is 54.0 Å². The van der Waals surface area contributed by atoms with E-state index in [1.807, 2.05) is 25.1 Å². The average Bonchev–Trinajstić information content (AvgIpc) is 2.89. The van der Waals surface area contributed by atoms with Crippen molar-refractivity contribution in [1.29, 1.82) is 0 Å². The lowest BCUT2D eigenvalue weighted by atomic mass is 10.1. The van der Waals surface area contributed by atoms with Gasteiger partial charge in [-0.2, -0.15) is 0 Å². The molecule has 1 amide bonds. The van der Waals surface area contributed by atoms with Crippen LogP contribution in [-0.2, 0) is 11.2 Å². The molecule has 1 aliphatic rings. The summed E-state index contributed by atoms with van der Waals surface area (Å²) >= 11 is 0. The van der Waals surface area contributed by atoms with Crippen LogP contribution in [0.5, 0.6) is 5.75 Å². The summed E-state index contributed by atoms with van der Waals surface area (Å²) in [7, 11) is 1.62. The lowest BCUT2D eigenvalue weighted by molar-refractivity contribution is -0.115. The van der Waals surface area contributed by atoms with Crippen molar-refractivity contribution in [2.45, 2.75) is 13.3 Å². The molecule has 3 rings (SSSR count). The Hall–Kier alpha value is -2.95. The smallest absolute Gasteiger partial charge is 0.275 e. The van der Waals surface area contributed by atoms with Crippen molar-refractivity contribution < 1.29 is 13.9 Å². The molecule has 2 aromatic rings. The van der Waals surface area contributed by atoms with E-state index in [9.17, 15) is 9.18 Å². The molecule has 0 unspecified atom stereocenters. The monoisotopic (exact) mass is 324 g/mol. The zero-order chi connectivity index (χ0) is 17.1. The first kappa shape index (κ1) is 15.9. The molecule has 2 aromatic carbocycles. The Balaban J connectivity index is 1.80. The van der Waals surface area contributed by atoms with Crippen LogP contribution >= 0.6 is 0 Å². The van der Waals surface area contributed by atoms with Gasteiger partial charge in [-0.3, -0.25) is 4.79 Å². The van der Waals surface area contributed by atoms with Gasteiger partial charge in [0, 0.05) is 6.42 Å². The van der Waals surface area contributed by atoms with Gasteiger partial charge >= 0.3 is 0 Å². The Labute approximate surface area is 139 Å². The van der Waals surface area contributed by atoms with Gasteiger partial charge < -0.3 is 10.1 Å². The van der Waals surface area contributed by atoms with Crippen LogP contribution in [0, 0.1) is 12.7 Å². The number of carbonyl (C=O) groups is 1. The molecule has 0 spiro atoms. The fourth-order valence-corrected chi connectivity index (χ4v) is 2.55. The molecule has 1 heterocycles. The number of amides is 1. The second-order valence-electron chi connectivity index (χ2n) is 5.57. The fourth-order valence-electron chi connectivity index (χ4n) is 2.55. The minimum absolute atomic E-state index is 0.236. The summed E-state index contributed by atoms with van der Waals surface area (Å²) in [5.74, 6) is 0.837. The molecule has 0 saturated heterocycles. The second-order valence-corrected chi connectivity index (χ2v) is 5.57. The van der Waals surface area contributed by atoms with Gasteiger partial charge in [0.2, 0.25) is 0 Å². The van der Waals surface area contributed by atoms with Gasteiger partial charge in [-0.15, -0.1) is 0 Å². The number of rotatable bonds is 4. The summed E-state index contributed by atoms with van der Waals surface area (Å²) in [5.41, 5.74) is 3.11. The average molecular weight is 324 g/mol. The molecule has 0 saturated carbocycles. The quantitative estimate of drug-likeness (QED) is 0.878. The number of carbonyl (C=O) groups excluding carboxylic acids is 1. The summed E-state index contributed by atoms with van der Waals surface area (Å²) in [6.45, 7) is 1.94. The Kier molecular flexibility index (Phi) is 4.42. The molecular weight excluding hydrogens is 307 g/mol. The van der Waals surface area contributed by atoms with Crippen LogP contribution in [0.15, 0.2) is 53.2 Å². The van der Waals surface area contributed by atoms with Crippen LogP contribution < -0.4 is 10.1 Å². The third-order valence-corrected chi connectivity index (χ3v) is 3.75. The van der Waals surface area contributed by atoms with E-state index in [1.165, 1.54) is 12.1 Å². The van der Waals surface area contributed by atoms with E-state index < -0.39 is 0 Å². The lowest BCUT2D eigenvalue weighted by Crippen LogP contribution is -2.25. The normalized spacial score (nSPS) is 15.4. The number of methoxy groups -OCH3 is 1. The molecule has 0 bridgehead atoms. The first-order valence-electron chi connectivity index (χ1n) is 7.55. The third kappa shape index (κ3) is 3.51. The van der Waals surface area contributed by atoms with E-state index in [0.717, 1.165) is 22.4 Å². The number of hydrogen-bond acceptors (Lipinski definition) is 3. The van der Waals surface area contributed by atoms with E-state index in [4.69, 9.17) is 4.74 Å². The van der Waals surface area contributed by atoms with E-state index in [-0.39, 0.29) is 11.7 Å². The predicted molar refractivity (Wildman–Crippen MR) is 91.4 cm³/mol. The van der Waals surface area contributed by atoms with Crippen molar-refractivity contribution in [3.05, 3.63) is 70.7 Å². The van der Waals surface area contributed by atoms with Gasteiger partial charge in [-0.25, -0.2) is 9.38 Å². The first-order valence-corrected chi connectivity index (χ1v) is 7.55. The number of nitrogens with one attached hydrogen (secondary N) is 1. The highest BCUT2D eigenvalue weighted by atomic mass is 19.1. The number of aliphatic imine (C=N–C) groups is 1. The third-order valence-electron chi connectivity index (χ3n) is 3.75. The molecule has 4 nitrogen and oxygen atoms in total. The summed E-state index contributed by atoms with van der Waals surface area (Å²) < 4.78 is 18.2. The van der Waals surface area contributed by atoms with Crippen molar-refractivity contribution >= 4 is 17.8 Å². The highest BCUT2D eigenvalue weighted by Crippen LogP contribution is 2.21. The van der Waals surface area contributed by atoms with Crippen LogP contribution in [0.3, 0.4) is 0 Å². The van der Waals surface area contributed by atoms with Crippen LogP contribution in [0.2, 0.25) is 0 Å². The maximum absolute atomic E-state index is 12.9. The first-order chi connectivity index (χ1) is 11.5. The van der Waals surface area contributed by atoms with Crippen LogP contribution in [0.25, 0.3) is 6.08 Å². The van der Waals surface area contributed by atoms with Crippen LogP contribution in [0.4, 0.5) is 4.39 Å². The van der Waals surface area contributed by atoms with E-state index >= 15 is 0 Å². The Morgan fingerprint density at radius 1 is 1.21 bits per heavy atom. The topological polar surface area (TPSA) is 50.7 Å². The predicted octanol–water partition coefficient (Wildman–Crippen LogP) is 3.25. The van der Waals surface area contributed by atoms with Crippen molar-refractivity contribution in [1.82, 2.24) is 5.32 Å². The largest absolute Gasteiger partial charge is 0.496 e. The van der Waals surface area contributed by atoms with Crippen LogP contribution in [0.1, 0.15) is 16.7 Å². The number of amidine groups is 1. The molecule has 5 heteroatoms. The maximum atomic E-state index is 12.9. The summed E-state index contributed by atoms with van der Waals surface area (Å²) in [4.78, 5) is 16.4. The molecule has 0 aromatic heterocycles. The van der Waals surface area contributed by atoms with E-state index in [0.29, 0.717) is 18.0 Å². The van der Waals surface area contributed by atoms with Gasteiger partial charge in [-0.1, -0.05) is 18.2 Å². The standard InChI is InChI=1S/C19H17FN2O2/c1-12-9-14(5-8-17(12)24-2)10-16-19(23)22-18(21-16)11-13-3-6-15(20)7-4-13/h3-10H,11H2,1-2H3,(H,21,22,23)/b16-10+. The number of nitrogens with zero attached hydrogens (tertiary/aromatic N) is 1. The summed E-state index contributed by atoms with van der Waals surface area (Å²) in [6, 6.07) is 11.8. The van der Waals surface area contributed by atoms with E-state index in [1.54, 1.807) is 25.3 Å². The summed E-state index contributed by atoms with van der Waals surface area (Å²) in [5, 5.41) is 2.75. The van der Waals surface area contributed by atoms with Crippen molar-refractivity contribution in [3.63, 3.8) is 0 Å². The fraction of sp³-hybridized carbons (Fsp3) is 0.158. The number of benzene rings is 2. The Morgan fingerprint density at radius 3 is 2.62 bits per heavy atom. The van der Waals surface area contributed by atoms with Crippen molar-refractivity contribution in [3.8, 4) is 5.75 Å². The van der Waals surface area contributed by atoms with Gasteiger partial charge in [0.25, 0.3) is 5.91 Å². The zero-order valence-electron chi connectivity index (χ0n) is 13.5. The number of hydrogen-bond donors (Lipinski definition) is 1. The number of halogens is 1. The van der Waals surface area contributed by atoms with Crippen molar-refractivity contribution in [2.75, 3.05) is 7.11 Å². The minimum Gasteiger partial charge on any atom is -0.496 e. The van der Waals surface area contributed by atoms with Crippen LogP contribution in [-0.4, -0.2) is 18.9 Å². The molecule has 0 atom stereocenters. The molecule has 1 aliphatic heterocycles. The second kappa shape index (κ2) is 6.66. The number of aryl methyl sites for hydroxylation is 1. The lowest BCUT2D eigenvalue weighted by Gasteiger charge is -2.04. The molecule has 0 radical (unpaired) electrons. The maximum Gasteiger partial charge on any atom is 0.275 e. The van der Waals surface area contributed by atoms with Gasteiger partial charge in [0.15, 0.2) is 0 Å². The van der Waals surface area contributed by atoms with Crippen molar-refractivity contribution in [2.24, 2.45) is 4.99 Å². The molecular formula is C19H17FN2O2. The highest BCUT2D eigenvalue weighted by Gasteiger charge is 2.20. The zero-order valence-corrected chi connectivity index (χ0v) is 13.5. The molecule has 24 heavy (non-hydrogen) atoms. The Morgan fingerprint density at radius 2 is 1.96 bits per heavy atom. The summed E-state index contributed by atoms with van der Waals surface area (Å²) in [6.07, 6.45) is 2.18. The SMILES string of the molecule is COc1ccc(/C=C2/N=C(Cc3ccc(F)cc3)NC2=O)cc1C.